The first-order chi connectivity index (χ1) is 11.9. The Morgan fingerprint density at radius 3 is 1.96 bits per heavy atom. The summed E-state index contributed by atoms with van der Waals surface area (Å²) in [6, 6.07) is 26.2. The van der Waals surface area contributed by atoms with Gasteiger partial charge in [0.05, 0.1) is 0 Å². The van der Waals surface area contributed by atoms with Crippen molar-refractivity contribution in [3.63, 3.8) is 0 Å². The number of piperazine rings is 1. The zero-order valence-electron chi connectivity index (χ0n) is 14.6. The van der Waals surface area contributed by atoms with Crippen LogP contribution in [0.3, 0.4) is 0 Å². The molecule has 0 unspecified atom stereocenters. The average Bonchev–Trinajstić information content (AvgIpc) is 2.65. The molecule has 3 heteroatoms. The Labute approximate surface area is 149 Å². The summed E-state index contributed by atoms with van der Waals surface area (Å²) in [6.07, 6.45) is 0. The molecule has 2 N–H and O–H groups in total. The Hall–Kier alpha value is -2.20. The molecule has 0 radical (unpaired) electrons. The highest BCUT2D eigenvalue weighted by Gasteiger charge is 2.17. The van der Waals surface area contributed by atoms with E-state index in [-0.39, 0.29) is 5.48 Å². The average molecular weight is 334 g/mol. The van der Waals surface area contributed by atoms with Gasteiger partial charge in [0.2, 0.25) is 0 Å². The van der Waals surface area contributed by atoms with E-state index in [0.717, 1.165) is 39.3 Å². The predicted molar refractivity (Wildman–Crippen MR) is 105 cm³/mol. The topological polar surface area (TPSA) is 38.0 Å². The second-order valence-electron chi connectivity index (χ2n) is 6.68. The lowest BCUT2D eigenvalue weighted by atomic mass is 10.0. The van der Waals surface area contributed by atoms with Gasteiger partial charge in [-0.2, -0.15) is 0 Å². The van der Waals surface area contributed by atoms with Crippen molar-refractivity contribution in [3.05, 3.63) is 83.9 Å². The van der Waals surface area contributed by atoms with Crippen molar-refractivity contribution in [3.8, 4) is 0 Å². The first-order valence-corrected chi connectivity index (χ1v) is 8.84. The Bertz CT molecular complexity index is 790. The maximum absolute atomic E-state index is 2.59. The molecule has 0 atom stereocenters. The molecule has 0 aromatic heterocycles. The quantitative estimate of drug-likeness (QED) is 0.734. The van der Waals surface area contributed by atoms with Crippen molar-refractivity contribution in [1.82, 2.24) is 9.80 Å². The molecule has 1 heterocycles. The third kappa shape index (κ3) is 4.26. The monoisotopic (exact) mass is 334 g/mol. The van der Waals surface area contributed by atoms with Crippen molar-refractivity contribution in [2.75, 3.05) is 26.2 Å². The van der Waals surface area contributed by atoms with Crippen LogP contribution in [0.1, 0.15) is 11.1 Å². The van der Waals surface area contributed by atoms with Gasteiger partial charge in [0.1, 0.15) is 0 Å². The van der Waals surface area contributed by atoms with Crippen LogP contribution in [0.15, 0.2) is 72.8 Å². The second kappa shape index (κ2) is 8.26. The molecule has 0 amide bonds. The minimum atomic E-state index is 0. The van der Waals surface area contributed by atoms with Crippen molar-refractivity contribution in [1.29, 1.82) is 0 Å². The number of nitrogens with zero attached hydrogens (tertiary/aromatic N) is 2. The smallest absolute Gasteiger partial charge is 0.0240 e. The molecule has 3 aromatic rings. The number of hydrogen-bond acceptors (Lipinski definition) is 2. The molecule has 1 aliphatic heterocycles. The van der Waals surface area contributed by atoms with Crippen LogP contribution in [-0.4, -0.2) is 41.5 Å². The fraction of sp³-hybridized carbons (Fsp3) is 0.273. The van der Waals surface area contributed by atoms with E-state index in [0.29, 0.717) is 0 Å². The minimum absolute atomic E-state index is 0. The molecule has 1 saturated heterocycles. The Morgan fingerprint density at radius 2 is 1.20 bits per heavy atom. The van der Waals surface area contributed by atoms with E-state index < -0.39 is 0 Å². The molecule has 130 valence electrons. The highest BCUT2D eigenvalue weighted by Crippen LogP contribution is 2.20. The standard InChI is InChI=1S/C22H24N2.H2O/c1-2-7-19(8-3-1)17-23-13-15-24(16-14-23)18-21-11-6-10-20-9-4-5-12-22(20)21;/h1-12H,13-18H2;1H2. The van der Waals surface area contributed by atoms with Gasteiger partial charge in [0.15, 0.2) is 0 Å². The van der Waals surface area contributed by atoms with Crippen LogP contribution >= 0.6 is 0 Å². The summed E-state index contributed by atoms with van der Waals surface area (Å²) in [6.45, 7) is 6.73. The molecule has 3 aromatic carbocycles. The second-order valence-corrected chi connectivity index (χ2v) is 6.68. The molecule has 0 saturated carbocycles. The maximum Gasteiger partial charge on any atom is 0.0240 e. The van der Waals surface area contributed by atoms with Crippen LogP contribution < -0.4 is 0 Å². The van der Waals surface area contributed by atoms with Gasteiger partial charge in [0, 0.05) is 39.3 Å². The van der Waals surface area contributed by atoms with Gasteiger partial charge in [-0.25, -0.2) is 0 Å². The van der Waals surface area contributed by atoms with Crippen LogP contribution in [-0.2, 0) is 13.1 Å². The molecular weight excluding hydrogens is 308 g/mol. The number of rotatable bonds is 4. The minimum Gasteiger partial charge on any atom is -0.412 e. The summed E-state index contributed by atoms with van der Waals surface area (Å²) in [5.74, 6) is 0. The highest BCUT2D eigenvalue weighted by molar-refractivity contribution is 5.85. The maximum atomic E-state index is 2.59. The van der Waals surface area contributed by atoms with E-state index in [9.17, 15) is 0 Å². The first kappa shape index (κ1) is 17.6. The summed E-state index contributed by atoms with van der Waals surface area (Å²) in [4.78, 5) is 5.15. The predicted octanol–water partition coefficient (Wildman–Crippen LogP) is 3.33. The van der Waals surface area contributed by atoms with Gasteiger partial charge in [-0.15, -0.1) is 0 Å². The van der Waals surface area contributed by atoms with E-state index in [2.05, 4.69) is 82.6 Å². The summed E-state index contributed by atoms with van der Waals surface area (Å²) in [5.41, 5.74) is 2.87. The Morgan fingerprint density at radius 1 is 0.600 bits per heavy atom. The lowest BCUT2D eigenvalue weighted by Gasteiger charge is -2.35. The van der Waals surface area contributed by atoms with Crippen molar-refractivity contribution in [2.24, 2.45) is 0 Å². The summed E-state index contributed by atoms with van der Waals surface area (Å²) in [5, 5.41) is 2.74. The van der Waals surface area contributed by atoms with E-state index >= 15 is 0 Å². The van der Waals surface area contributed by atoms with Crippen LogP contribution in [0.25, 0.3) is 10.8 Å². The fourth-order valence-corrected chi connectivity index (χ4v) is 3.62. The van der Waals surface area contributed by atoms with Crippen LogP contribution in [0, 0.1) is 0 Å². The molecule has 0 bridgehead atoms. The van der Waals surface area contributed by atoms with E-state index in [4.69, 9.17) is 0 Å². The molecular formula is C22H26N2O. The third-order valence-electron chi connectivity index (χ3n) is 4.99. The molecule has 4 rings (SSSR count). The van der Waals surface area contributed by atoms with E-state index in [1.54, 1.807) is 0 Å². The van der Waals surface area contributed by atoms with Crippen LogP contribution in [0.4, 0.5) is 0 Å². The van der Waals surface area contributed by atoms with Crippen molar-refractivity contribution >= 4 is 10.8 Å². The summed E-state index contributed by atoms with van der Waals surface area (Å²) >= 11 is 0. The first-order valence-electron chi connectivity index (χ1n) is 8.84. The molecule has 0 spiro atoms. The molecule has 1 fully saturated rings. The molecule has 1 aliphatic rings. The van der Waals surface area contributed by atoms with Gasteiger partial charge in [-0.1, -0.05) is 72.8 Å². The molecule has 3 nitrogen and oxygen atoms in total. The lowest BCUT2D eigenvalue weighted by molar-refractivity contribution is 0.122. The number of benzene rings is 3. The third-order valence-corrected chi connectivity index (χ3v) is 4.99. The Kier molecular flexibility index (Phi) is 5.82. The largest absolute Gasteiger partial charge is 0.412 e. The summed E-state index contributed by atoms with van der Waals surface area (Å²) in [7, 11) is 0. The zero-order valence-corrected chi connectivity index (χ0v) is 14.6. The highest BCUT2D eigenvalue weighted by atomic mass is 16.0. The fourth-order valence-electron chi connectivity index (χ4n) is 3.62. The zero-order chi connectivity index (χ0) is 16.2. The molecule has 0 aliphatic carbocycles. The van der Waals surface area contributed by atoms with E-state index in [1.165, 1.54) is 21.9 Å². The van der Waals surface area contributed by atoms with Crippen molar-refractivity contribution in [2.45, 2.75) is 13.1 Å². The van der Waals surface area contributed by atoms with Gasteiger partial charge < -0.3 is 5.48 Å². The van der Waals surface area contributed by atoms with Crippen molar-refractivity contribution < 1.29 is 5.48 Å². The van der Waals surface area contributed by atoms with Gasteiger partial charge in [-0.05, 0) is 21.9 Å². The SMILES string of the molecule is O.c1ccc(CN2CCN(Cc3cccc4ccccc34)CC2)cc1. The van der Waals surface area contributed by atoms with Crippen LogP contribution in [0.5, 0.6) is 0 Å². The normalized spacial score (nSPS) is 15.8. The van der Waals surface area contributed by atoms with Gasteiger partial charge >= 0.3 is 0 Å². The Balaban J connectivity index is 0.00000182. The van der Waals surface area contributed by atoms with Crippen LogP contribution in [0.2, 0.25) is 0 Å². The number of fused-ring (bicyclic) bond motifs is 1. The molecule has 25 heavy (non-hydrogen) atoms. The lowest BCUT2D eigenvalue weighted by Crippen LogP contribution is -2.45. The van der Waals surface area contributed by atoms with E-state index in [1.807, 2.05) is 0 Å². The van der Waals surface area contributed by atoms with Gasteiger partial charge in [-0.3, -0.25) is 9.80 Å². The summed E-state index contributed by atoms with van der Waals surface area (Å²) < 4.78 is 0. The van der Waals surface area contributed by atoms with Gasteiger partial charge in [0.25, 0.3) is 0 Å². The number of hydrogen-bond donors (Lipinski definition) is 0.